The van der Waals surface area contributed by atoms with Crippen LogP contribution in [0.25, 0.3) is 0 Å². The van der Waals surface area contributed by atoms with E-state index in [9.17, 15) is 0 Å². The van der Waals surface area contributed by atoms with Crippen molar-refractivity contribution in [3.05, 3.63) is 35.5 Å². The van der Waals surface area contributed by atoms with Gasteiger partial charge in [-0.05, 0) is 38.8 Å². The van der Waals surface area contributed by atoms with Crippen LogP contribution in [0.3, 0.4) is 0 Å². The van der Waals surface area contributed by atoms with Gasteiger partial charge in [-0.1, -0.05) is 24.3 Å². The predicted molar refractivity (Wildman–Crippen MR) is 48.0 cm³/mol. The summed E-state index contributed by atoms with van der Waals surface area (Å²) in [6, 6.07) is 0. The molecule has 0 radical (unpaired) electrons. The second-order valence-corrected chi connectivity index (χ2v) is 2.65. The zero-order valence-corrected chi connectivity index (χ0v) is 7.36. The molecule has 0 amide bonds. The summed E-state index contributed by atoms with van der Waals surface area (Å²) in [7, 11) is 0. The fourth-order valence-electron chi connectivity index (χ4n) is 0.647. The molecule has 0 saturated carbocycles. The molecule has 0 aromatic carbocycles. The van der Waals surface area contributed by atoms with E-state index in [1.807, 2.05) is 19.1 Å². The monoisotopic (exact) mass is 136 g/mol. The van der Waals surface area contributed by atoms with E-state index in [2.05, 4.69) is 27.4 Å². The van der Waals surface area contributed by atoms with Crippen LogP contribution >= 0.6 is 0 Å². The Balaban J connectivity index is 4.38. The van der Waals surface area contributed by atoms with Crippen LogP contribution in [-0.4, -0.2) is 0 Å². The van der Waals surface area contributed by atoms with Gasteiger partial charge in [-0.15, -0.1) is 0 Å². The Hall–Kier alpha value is -0.780. The van der Waals surface area contributed by atoms with Crippen LogP contribution in [0, 0.1) is 0 Å². The molecule has 0 nitrogen and oxygen atoms in total. The van der Waals surface area contributed by atoms with Gasteiger partial charge in [-0.25, -0.2) is 0 Å². The lowest BCUT2D eigenvalue weighted by atomic mass is 10.1. The average Bonchev–Trinajstić information content (AvgIpc) is 1.87. The lowest BCUT2D eigenvalue weighted by Gasteiger charge is -2.01. The number of hydrogen-bond donors (Lipinski definition) is 0. The minimum atomic E-state index is 1.11. The van der Waals surface area contributed by atoms with Gasteiger partial charge in [0.2, 0.25) is 0 Å². The van der Waals surface area contributed by atoms with Crippen molar-refractivity contribution in [3.8, 4) is 0 Å². The first kappa shape index (κ1) is 9.22. The van der Waals surface area contributed by atoms with Crippen LogP contribution in [0.5, 0.6) is 0 Å². The smallest absolute Gasteiger partial charge is 0.0303 e. The molecule has 0 heterocycles. The highest BCUT2D eigenvalue weighted by atomic mass is 14.0. The van der Waals surface area contributed by atoms with Crippen molar-refractivity contribution in [2.75, 3.05) is 0 Å². The predicted octanol–water partition coefficient (Wildman–Crippen LogP) is 3.48. The minimum absolute atomic E-state index is 1.11. The summed E-state index contributed by atoms with van der Waals surface area (Å²) in [5.41, 5.74) is 3.74. The molecule has 0 aliphatic heterocycles. The minimum Gasteiger partial charge on any atom is -0.0915 e. The molecule has 0 atom stereocenters. The molecule has 0 aromatic heterocycles. The average molecular weight is 136 g/mol. The Morgan fingerprint density at radius 3 is 2.00 bits per heavy atom. The van der Waals surface area contributed by atoms with Crippen LogP contribution < -0.4 is 0 Å². The molecule has 56 valence electrons. The van der Waals surface area contributed by atoms with Crippen molar-refractivity contribution in [1.29, 1.82) is 0 Å². The first-order valence-corrected chi connectivity index (χ1v) is 3.55. The molecule has 0 fully saturated rings. The lowest BCUT2D eigenvalue weighted by Crippen LogP contribution is -1.81. The van der Waals surface area contributed by atoms with Gasteiger partial charge < -0.3 is 0 Å². The van der Waals surface area contributed by atoms with Crippen LogP contribution in [0.4, 0.5) is 0 Å². The molecule has 0 bridgehead atoms. The lowest BCUT2D eigenvalue weighted by molar-refractivity contribution is 1.26. The van der Waals surface area contributed by atoms with Gasteiger partial charge in [0.05, 0.1) is 0 Å². The van der Waals surface area contributed by atoms with Gasteiger partial charge in [0, 0.05) is 0 Å². The molecule has 0 aliphatic rings. The van der Waals surface area contributed by atoms with E-state index in [1.54, 1.807) is 0 Å². The Bertz CT molecular complexity index is 176. The Morgan fingerprint density at radius 1 is 1.20 bits per heavy atom. The standard InChI is InChI=1S/C10H16/c1-6-7-9(4)10(5)8(2)3/h6-7H,4H2,1-3,5H3/b7-6-. The molecular weight excluding hydrogens is 120 g/mol. The zero-order valence-electron chi connectivity index (χ0n) is 7.36. The maximum atomic E-state index is 3.92. The number of allylic oxidation sites excluding steroid dienone is 5. The topological polar surface area (TPSA) is 0 Å². The first-order chi connectivity index (χ1) is 4.59. The van der Waals surface area contributed by atoms with Gasteiger partial charge in [-0.2, -0.15) is 0 Å². The summed E-state index contributed by atoms with van der Waals surface area (Å²) in [5, 5.41) is 0. The van der Waals surface area contributed by atoms with E-state index in [0.717, 1.165) is 5.57 Å². The van der Waals surface area contributed by atoms with E-state index < -0.39 is 0 Å². The van der Waals surface area contributed by atoms with Crippen molar-refractivity contribution in [2.24, 2.45) is 0 Å². The highest BCUT2D eigenvalue weighted by Gasteiger charge is 1.92. The third kappa shape index (κ3) is 2.67. The van der Waals surface area contributed by atoms with Gasteiger partial charge in [0.1, 0.15) is 0 Å². The quantitative estimate of drug-likeness (QED) is 0.510. The molecular formula is C10H16. The maximum Gasteiger partial charge on any atom is -0.0303 e. The van der Waals surface area contributed by atoms with Crippen LogP contribution in [0.15, 0.2) is 35.5 Å². The second-order valence-electron chi connectivity index (χ2n) is 2.65. The van der Waals surface area contributed by atoms with E-state index in [1.165, 1.54) is 11.1 Å². The molecule has 0 aliphatic carbocycles. The van der Waals surface area contributed by atoms with E-state index >= 15 is 0 Å². The molecule has 0 heteroatoms. The first-order valence-electron chi connectivity index (χ1n) is 3.55. The summed E-state index contributed by atoms with van der Waals surface area (Å²) in [5.74, 6) is 0. The highest BCUT2D eigenvalue weighted by molar-refractivity contribution is 5.37. The Kier molecular flexibility index (Phi) is 3.78. The third-order valence-corrected chi connectivity index (χ3v) is 1.60. The van der Waals surface area contributed by atoms with Crippen LogP contribution in [0.1, 0.15) is 27.7 Å². The Labute approximate surface area is 64.0 Å². The van der Waals surface area contributed by atoms with Gasteiger partial charge in [0.15, 0.2) is 0 Å². The fraction of sp³-hybridized carbons (Fsp3) is 0.400. The van der Waals surface area contributed by atoms with Crippen LogP contribution in [-0.2, 0) is 0 Å². The molecule has 0 aromatic rings. The van der Waals surface area contributed by atoms with Gasteiger partial charge >= 0.3 is 0 Å². The summed E-state index contributed by atoms with van der Waals surface area (Å²) >= 11 is 0. The maximum absolute atomic E-state index is 3.92. The SMILES string of the molecule is C=C(/C=C\C)C(C)=C(C)C. The molecule has 0 N–H and O–H groups in total. The number of hydrogen-bond acceptors (Lipinski definition) is 0. The van der Waals surface area contributed by atoms with Crippen molar-refractivity contribution in [2.45, 2.75) is 27.7 Å². The van der Waals surface area contributed by atoms with Crippen molar-refractivity contribution in [3.63, 3.8) is 0 Å². The largest absolute Gasteiger partial charge is 0.0915 e. The molecule has 0 unspecified atom stereocenters. The molecule has 10 heavy (non-hydrogen) atoms. The van der Waals surface area contributed by atoms with E-state index in [0.29, 0.717) is 0 Å². The Morgan fingerprint density at radius 2 is 1.70 bits per heavy atom. The normalized spacial score (nSPS) is 10.0. The van der Waals surface area contributed by atoms with Crippen molar-refractivity contribution in [1.82, 2.24) is 0 Å². The molecule has 0 spiro atoms. The molecule has 0 saturated heterocycles. The van der Waals surface area contributed by atoms with Crippen molar-refractivity contribution < 1.29 is 0 Å². The highest BCUT2D eigenvalue weighted by Crippen LogP contribution is 2.12. The van der Waals surface area contributed by atoms with E-state index in [4.69, 9.17) is 0 Å². The van der Waals surface area contributed by atoms with E-state index in [-0.39, 0.29) is 0 Å². The summed E-state index contributed by atoms with van der Waals surface area (Å²) in [6.07, 6.45) is 4.04. The zero-order chi connectivity index (χ0) is 8.15. The van der Waals surface area contributed by atoms with Gasteiger partial charge in [-0.3, -0.25) is 0 Å². The van der Waals surface area contributed by atoms with Gasteiger partial charge in [0.25, 0.3) is 0 Å². The molecule has 0 rings (SSSR count). The third-order valence-electron chi connectivity index (χ3n) is 1.60. The summed E-state index contributed by atoms with van der Waals surface area (Å²) in [6.45, 7) is 12.2. The second kappa shape index (κ2) is 4.10. The fourth-order valence-corrected chi connectivity index (χ4v) is 0.647. The summed E-state index contributed by atoms with van der Waals surface area (Å²) < 4.78 is 0. The number of rotatable bonds is 2. The van der Waals surface area contributed by atoms with Crippen molar-refractivity contribution >= 4 is 0 Å². The van der Waals surface area contributed by atoms with Crippen LogP contribution in [0.2, 0.25) is 0 Å². The summed E-state index contributed by atoms with van der Waals surface area (Å²) in [4.78, 5) is 0.